The zero-order chi connectivity index (χ0) is 14.2. The fraction of sp³-hybridized carbons (Fsp3) is 0.333. The number of aromatic nitrogens is 2. The smallest absolute Gasteiger partial charge is 0.162 e. The van der Waals surface area contributed by atoms with Crippen LogP contribution in [0, 0.1) is 19.7 Å². The minimum Gasteiger partial charge on any atom is -0.383 e. The molecule has 0 saturated heterocycles. The number of aryl methyl sites for hydroxylation is 2. The molecule has 0 aliphatic rings. The molecule has 2 rings (SSSR count). The maximum absolute atomic E-state index is 13.4. The maximum Gasteiger partial charge on any atom is 0.162 e. The highest BCUT2D eigenvalue weighted by atomic mass is 19.1. The van der Waals surface area contributed by atoms with Crippen LogP contribution < -0.4 is 5.73 Å². The van der Waals surface area contributed by atoms with Gasteiger partial charge in [0.2, 0.25) is 0 Å². The average molecular weight is 259 g/mol. The zero-order valence-electron chi connectivity index (χ0n) is 11.7. The van der Waals surface area contributed by atoms with Crippen molar-refractivity contribution in [1.29, 1.82) is 0 Å². The van der Waals surface area contributed by atoms with Gasteiger partial charge in [-0.15, -0.1) is 0 Å². The van der Waals surface area contributed by atoms with Crippen molar-refractivity contribution in [3.63, 3.8) is 0 Å². The quantitative estimate of drug-likeness (QED) is 0.896. The second-order valence-corrected chi connectivity index (χ2v) is 5.05. The number of hydrogen-bond acceptors (Lipinski definition) is 3. The van der Waals surface area contributed by atoms with Crippen molar-refractivity contribution in [2.75, 3.05) is 5.73 Å². The molecule has 0 aliphatic heterocycles. The van der Waals surface area contributed by atoms with Crippen LogP contribution in [-0.2, 0) is 0 Å². The summed E-state index contributed by atoms with van der Waals surface area (Å²) in [5, 5.41) is 0. The topological polar surface area (TPSA) is 51.8 Å². The average Bonchev–Trinajstić information content (AvgIpc) is 2.30. The summed E-state index contributed by atoms with van der Waals surface area (Å²) in [6.07, 6.45) is 0. The zero-order valence-corrected chi connectivity index (χ0v) is 11.7. The van der Waals surface area contributed by atoms with Gasteiger partial charge in [-0.3, -0.25) is 0 Å². The molecule has 0 bridgehead atoms. The van der Waals surface area contributed by atoms with E-state index < -0.39 is 0 Å². The highest BCUT2D eigenvalue weighted by Crippen LogP contribution is 2.27. The van der Waals surface area contributed by atoms with E-state index in [1.807, 2.05) is 13.8 Å². The summed E-state index contributed by atoms with van der Waals surface area (Å²) in [5.74, 6) is 0.925. The second kappa shape index (κ2) is 4.96. The van der Waals surface area contributed by atoms with Crippen molar-refractivity contribution in [2.24, 2.45) is 0 Å². The van der Waals surface area contributed by atoms with E-state index in [2.05, 4.69) is 23.8 Å². The molecular weight excluding hydrogens is 241 g/mol. The Kier molecular flexibility index (Phi) is 3.51. The highest BCUT2D eigenvalue weighted by Gasteiger charge is 2.14. The Hall–Kier alpha value is -1.97. The third kappa shape index (κ3) is 2.57. The molecule has 2 N–H and O–H groups in total. The van der Waals surface area contributed by atoms with Crippen LogP contribution in [0.5, 0.6) is 0 Å². The summed E-state index contributed by atoms with van der Waals surface area (Å²) in [5.41, 5.74) is 9.42. The number of benzene rings is 1. The molecule has 1 aromatic heterocycles. The van der Waals surface area contributed by atoms with Gasteiger partial charge in [-0.05, 0) is 37.5 Å². The van der Waals surface area contributed by atoms with Gasteiger partial charge in [0.15, 0.2) is 5.82 Å². The van der Waals surface area contributed by atoms with E-state index >= 15 is 0 Å². The molecular formula is C15H18FN3. The molecule has 0 spiro atoms. The van der Waals surface area contributed by atoms with E-state index in [0.29, 0.717) is 17.2 Å². The molecule has 0 atom stereocenters. The van der Waals surface area contributed by atoms with Gasteiger partial charge in [-0.2, -0.15) is 0 Å². The van der Waals surface area contributed by atoms with Crippen LogP contribution in [0.25, 0.3) is 11.4 Å². The lowest BCUT2D eigenvalue weighted by atomic mass is 10.0. The van der Waals surface area contributed by atoms with E-state index in [1.165, 1.54) is 12.1 Å². The lowest BCUT2D eigenvalue weighted by Crippen LogP contribution is -2.07. The minimum atomic E-state index is -0.298. The van der Waals surface area contributed by atoms with E-state index in [1.54, 1.807) is 6.07 Å². The van der Waals surface area contributed by atoms with E-state index in [-0.39, 0.29) is 11.7 Å². The Bertz CT molecular complexity index is 598. The van der Waals surface area contributed by atoms with Crippen molar-refractivity contribution in [3.8, 4) is 11.4 Å². The van der Waals surface area contributed by atoms with Crippen molar-refractivity contribution in [2.45, 2.75) is 33.6 Å². The van der Waals surface area contributed by atoms with Crippen LogP contribution in [0.3, 0.4) is 0 Å². The molecule has 0 unspecified atom stereocenters. The Morgan fingerprint density at radius 2 is 1.84 bits per heavy atom. The predicted octanol–water partition coefficient (Wildman–Crippen LogP) is 3.61. The third-order valence-electron chi connectivity index (χ3n) is 3.18. The predicted molar refractivity (Wildman–Crippen MR) is 75.4 cm³/mol. The summed E-state index contributed by atoms with van der Waals surface area (Å²) in [7, 11) is 0. The van der Waals surface area contributed by atoms with Gasteiger partial charge >= 0.3 is 0 Å². The van der Waals surface area contributed by atoms with Gasteiger partial charge in [0.1, 0.15) is 11.6 Å². The van der Waals surface area contributed by atoms with Crippen LogP contribution in [0.4, 0.5) is 10.2 Å². The normalized spacial score (nSPS) is 11.1. The Labute approximate surface area is 112 Å². The fourth-order valence-corrected chi connectivity index (χ4v) is 2.27. The number of hydrogen-bond donors (Lipinski definition) is 1. The van der Waals surface area contributed by atoms with Crippen LogP contribution in [0.1, 0.15) is 36.6 Å². The molecule has 0 aliphatic carbocycles. The lowest BCUT2D eigenvalue weighted by molar-refractivity contribution is 0.627. The Morgan fingerprint density at radius 1 is 1.16 bits per heavy atom. The first-order valence-electron chi connectivity index (χ1n) is 6.30. The molecule has 0 saturated carbocycles. The molecule has 0 amide bonds. The second-order valence-electron chi connectivity index (χ2n) is 5.05. The van der Waals surface area contributed by atoms with Crippen molar-refractivity contribution in [1.82, 2.24) is 9.97 Å². The Balaban J connectivity index is 2.62. The summed E-state index contributed by atoms with van der Waals surface area (Å²) >= 11 is 0. The van der Waals surface area contributed by atoms with Crippen LogP contribution in [0.15, 0.2) is 18.2 Å². The third-order valence-corrected chi connectivity index (χ3v) is 3.18. The van der Waals surface area contributed by atoms with Gasteiger partial charge in [0, 0.05) is 16.8 Å². The summed E-state index contributed by atoms with van der Waals surface area (Å²) in [6.45, 7) is 7.91. The first kappa shape index (κ1) is 13.5. The number of rotatable bonds is 2. The number of nitrogens with zero attached hydrogens (tertiary/aromatic N) is 2. The van der Waals surface area contributed by atoms with Gasteiger partial charge < -0.3 is 5.73 Å². The first-order chi connectivity index (χ1) is 8.90. The van der Waals surface area contributed by atoms with Crippen molar-refractivity contribution < 1.29 is 4.39 Å². The largest absolute Gasteiger partial charge is 0.383 e. The van der Waals surface area contributed by atoms with Crippen LogP contribution in [-0.4, -0.2) is 9.97 Å². The van der Waals surface area contributed by atoms with Gasteiger partial charge in [-0.25, -0.2) is 14.4 Å². The molecule has 0 fully saturated rings. The first-order valence-corrected chi connectivity index (χ1v) is 6.30. The highest BCUT2D eigenvalue weighted by molar-refractivity contribution is 5.63. The van der Waals surface area contributed by atoms with E-state index in [9.17, 15) is 4.39 Å². The molecule has 1 heterocycles. The molecule has 19 heavy (non-hydrogen) atoms. The van der Waals surface area contributed by atoms with Gasteiger partial charge in [0.25, 0.3) is 0 Å². The molecule has 1 aromatic carbocycles. The number of halogens is 1. The van der Waals surface area contributed by atoms with E-state index in [4.69, 9.17) is 5.73 Å². The maximum atomic E-state index is 13.4. The number of nitrogens with two attached hydrogens (primary N) is 1. The molecule has 3 nitrogen and oxygen atoms in total. The van der Waals surface area contributed by atoms with E-state index in [0.717, 1.165) is 16.8 Å². The monoisotopic (exact) mass is 259 g/mol. The SMILES string of the molecule is Cc1ccc(F)cc1-c1nc(C)c(C(C)C)c(N)n1. The summed E-state index contributed by atoms with van der Waals surface area (Å²) in [4.78, 5) is 8.80. The number of nitrogen functional groups attached to an aromatic ring is 1. The lowest BCUT2D eigenvalue weighted by Gasteiger charge is -2.14. The minimum absolute atomic E-state index is 0.266. The van der Waals surface area contributed by atoms with Gasteiger partial charge in [-0.1, -0.05) is 19.9 Å². The molecule has 100 valence electrons. The fourth-order valence-electron chi connectivity index (χ4n) is 2.27. The van der Waals surface area contributed by atoms with Crippen molar-refractivity contribution in [3.05, 3.63) is 40.8 Å². The summed E-state index contributed by atoms with van der Waals surface area (Å²) in [6, 6.07) is 4.59. The summed E-state index contributed by atoms with van der Waals surface area (Å²) < 4.78 is 13.4. The molecule has 4 heteroatoms. The molecule has 0 radical (unpaired) electrons. The standard InChI is InChI=1S/C15H18FN3/c1-8(2)13-10(4)18-15(19-14(13)17)12-7-11(16)6-5-9(12)3/h5-8H,1-4H3,(H2,17,18,19). The van der Waals surface area contributed by atoms with Crippen LogP contribution >= 0.6 is 0 Å². The number of anilines is 1. The van der Waals surface area contributed by atoms with Crippen LogP contribution in [0.2, 0.25) is 0 Å². The van der Waals surface area contributed by atoms with Crippen molar-refractivity contribution >= 4 is 5.82 Å². The molecule has 2 aromatic rings. The Morgan fingerprint density at radius 3 is 2.42 bits per heavy atom. The van der Waals surface area contributed by atoms with Gasteiger partial charge in [0.05, 0.1) is 0 Å².